The van der Waals surface area contributed by atoms with E-state index in [1.165, 1.54) is 7.05 Å². The molecule has 0 aliphatic carbocycles. The van der Waals surface area contributed by atoms with E-state index in [9.17, 15) is 9.59 Å². The Morgan fingerprint density at radius 2 is 2.21 bits per heavy atom. The highest BCUT2D eigenvalue weighted by Crippen LogP contribution is 2.15. The van der Waals surface area contributed by atoms with Crippen molar-refractivity contribution in [2.75, 3.05) is 26.7 Å². The van der Waals surface area contributed by atoms with Gasteiger partial charge in [-0.15, -0.1) is 0 Å². The third kappa shape index (κ3) is 5.54. The van der Waals surface area contributed by atoms with Crippen LogP contribution in [-0.4, -0.2) is 56.5 Å². The average molecular weight is 273 g/mol. The fourth-order valence-electron chi connectivity index (χ4n) is 1.77. The van der Waals surface area contributed by atoms with E-state index < -0.39 is 18.0 Å². The van der Waals surface area contributed by atoms with Gasteiger partial charge >= 0.3 is 6.03 Å². The van der Waals surface area contributed by atoms with Crippen molar-refractivity contribution in [2.24, 2.45) is 0 Å². The van der Waals surface area contributed by atoms with Crippen LogP contribution in [0.15, 0.2) is 0 Å². The summed E-state index contributed by atoms with van der Waals surface area (Å²) in [5.41, 5.74) is -0.236. The molecule has 2 unspecified atom stereocenters. The maximum Gasteiger partial charge on any atom is 0.321 e. The van der Waals surface area contributed by atoms with Gasteiger partial charge in [-0.05, 0) is 20.8 Å². The van der Waals surface area contributed by atoms with Crippen molar-refractivity contribution >= 4 is 11.9 Å². The van der Waals surface area contributed by atoms with Gasteiger partial charge in [-0.2, -0.15) is 0 Å². The molecule has 1 aliphatic rings. The topological polar surface area (TPSA) is 88.7 Å². The molecule has 1 aliphatic heterocycles. The minimum Gasteiger partial charge on any atom is -0.367 e. The van der Waals surface area contributed by atoms with Crippen molar-refractivity contribution < 1.29 is 19.1 Å². The van der Waals surface area contributed by atoms with Crippen LogP contribution in [0.3, 0.4) is 0 Å². The van der Waals surface area contributed by atoms with Crippen molar-refractivity contribution in [3.63, 3.8) is 0 Å². The van der Waals surface area contributed by atoms with Crippen LogP contribution in [0.5, 0.6) is 0 Å². The summed E-state index contributed by atoms with van der Waals surface area (Å²) in [7, 11) is 1.44. The molecular formula is C12H23N3O4. The lowest BCUT2D eigenvalue weighted by molar-refractivity contribution is -0.144. The number of carbonyl (C=O) groups excluding carboxylic acids is 2. The first-order valence-electron chi connectivity index (χ1n) is 6.37. The molecule has 1 saturated heterocycles. The molecule has 7 nitrogen and oxygen atoms in total. The number of hydrogen-bond acceptors (Lipinski definition) is 5. The Morgan fingerprint density at radius 3 is 2.79 bits per heavy atom. The number of rotatable bonds is 4. The van der Waals surface area contributed by atoms with Gasteiger partial charge in [0, 0.05) is 20.1 Å². The van der Waals surface area contributed by atoms with Gasteiger partial charge in [-0.3, -0.25) is 10.1 Å². The summed E-state index contributed by atoms with van der Waals surface area (Å²) in [4.78, 5) is 22.5. The molecule has 0 aromatic carbocycles. The maximum atomic E-state index is 11.6. The van der Waals surface area contributed by atoms with Crippen LogP contribution in [0, 0.1) is 0 Å². The minimum atomic E-state index is -0.703. The number of morpholine rings is 1. The molecule has 7 heteroatoms. The van der Waals surface area contributed by atoms with E-state index in [2.05, 4.69) is 16.0 Å². The molecule has 1 rings (SSSR count). The van der Waals surface area contributed by atoms with Gasteiger partial charge in [0.15, 0.2) is 0 Å². The van der Waals surface area contributed by atoms with Crippen molar-refractivity contribution in [2.45, 2.75) is 38.6 Å². The number of imide groups is 1. The number of carbonyl (C=O) groups is 2. The van der Waals surface area contributed by atoms with Gasteiger partial charge in [0.25, 0.3) is 5.91 Å². The Hall–Kier alpha value is -1.18. The highest BCUT2D eigenvalue weighted by atomic mass is 16.6. The molecule has 2 atom stereocenters. The fraction of sp³-hybridized carbons (Fsp3) is 0.833. The lowest BCUT2D eigenvalue weighted by Crippen LogP contribution is -2.52. The minimum absolute atomic E-state index is 0.0981. The number of hydrogen-bond donors (Lipinski definition) is 3. The average Bonchev–Trinajstić information content (AvgIpc) is 2.34. The first-order chi connectivity index (χ1) is 8.84. The molecule has 110 valence electrons. The van der Waals surface area contributed by atoms with Crippen LogP contribution in [0.25, 0.3) is 0 Å². The Bertz CT molecular complexity index is 333. The van der Waals surface area contributed by atoms with E-state index in [0.29, 0.717) is 13.2 Å². The molecule has 3 amide bonds. The molecule has 1 fully saturated rings. The third-order valence-corrected chi connectivity index (χ3v) is 2.77. The van der Waals surface area contributed by atoms with Crippen molar-refractivity contribution in [3.05, 3.63) is 0 Å². The van der Waals surface area contributed by atoms with Crippen LogP contribution in [0.4, 0.5) is 4.79 Å². The Morgan fingerprint density at radius 1 is 1.53 bits per heavy atom. The Labute approximate surface area is 113 Å². The van der Waals surface area contributed by atoms with Gasteiger partial charge < -0.3 is 20.1 Å². The fourth-order valence-corrected chi connectivity index (χ4v) is 1.77. The SMILES string of the molecule is CNC(=O)NC(=O)C(C)OCC1CNCC(C)(C)O1. The molecule has 1 heterocycles. The second kappa shape index (κ2) is 6.83. The third-order valence-electron chi connectivity index (χ3n) is 2.77. The molecule has 0 radical (unpaired) electrons. The Balaban J connectivity index is 2.31. The highest BCUT2D eigenvalue weighted by molar-refractivity contribution is 5.96. The Kier molecular flexibility index (Phi) is 5.71. The van der Waals surface area contributed by atoms with Gasteiger partial charge in [0.1, 0.15) is 6.10 Å². The van der Waals surface area contributed by atoms with Crippen LogP contribution >= 0.6 is 0 Å². The second-order valence-corrected chi connectivity index (χ2v) is 5.17. The van der Waals surface area contributed by atoms with Crippen molar-refractivity contribution in [3.8, 4) is 0 Å². The van der Waals surface area contributed by atoms with Crippen molar-refractivity contribution in [1.29, 1.82) is 0 Å². The zero-order chi connectivity index (χ0) is 14.5. The summed E-state index contributed by atoms with van der Waals surface area (Å²) >= 11 is 0. The van der Waals surface area contributed by atoms with Gasteiger partial charge in [-0.1, -0.05) is 0 Å². The van der Waals surface area contributed by atoms with E-state index in [1.54, 1.807) is 6.92 Å². The monoisotopic (exact) mass is 273 g/mol. The molecule has 0 bridgehead atoms. The predicted octanol–water partition coefficient (Wildman–Crippen LogP) is -0.386. The molecule has 19 heavy (non-hydrogen) atoms. The zero-order valence-electron chi connectivity index (χ0n) is 11.9. The quantitative estimate of drug-likeness (QED) is 0.649. The van der Waals surface area contributed by atoms with Crippen LogP contribution in [0.1, 0.15) is 20.8 Å². The van der Waals surface area contributed by atoms with Crippen molar-refractivity contribution in [1.82, 2.24) is 16.0 Å². The molecule has 0 saturated carbocycles. The molecule has 0 aromatic rings. The van der Waals surface area contributed by atoms with Gasteiger partial charge in [0.2, 0.25) is 0 Å². The molecule has 3 N–H and O–H groups in total. The second-order valence-electron chi connectivity index (χ2n) is 5.17. The summed E-state index contributed by atoms with van der Waals surface area (Å²) in [6, 6.07) is -0.544. The number of amides is 3. The smallest absolute Gasteiger partial charge is 0.321 e. The first kappa shape index (κ1) is 15.9. The number of nitrogens with one attached hydrogen (secondary N) is 3. The zero-order valence-corrected chi connectivity index (χ0v) is 11.9. The van der Waals surface area contributed by atoms with E-state index in [0.717, 1.165) is 6.54 Å². The normalized spacial score (nSPS) is 23.5. The first-order valence-corrected chi connectivity index (χ1v) is 6.37. The van der Waals surface area contributed by atoms with E-state index >= 15 is 0 Å². The molecule has 0 spiro atoms. The van der Waals surface area contributed by atoms with Crippen LogP contribution in [0.2, 0.25) is 0 Å². The van der Waals surface area contributed by atoms with E-state index in [-0.39, 0.29) is 11.7 Å². The maximum absolute atomic E-state index is 11.6. The summed E-state index contributed by atoms with van der Waals surface area (Å²) in [6.45, 7) is 7.36. The predicted molar refractivity (Wildman–Crippen MR) is 69.8 cm³/mol. The van der Waals surface area contributed by atoms with E-state index in [4.69, 9.17) is 9.47 Å². The summed E-state index contributed by atoms with van der Waals surface area (Å²) in [5, 5.41) is 7.72. The standard InChI is InChI=1S/C12H23N3O4/c1-8(10(16)15-11(17)13-4)18-6-9-5-14-7-12(2,3)19-9/h8-9,14H,5-7H2,1-4H3,(H2,13,15,16,17). The lowest BCUT2D eigenvalue weighted by Gasteiger charge is -2.36. The van der Waals surface area contributed by atoms with Crippen LogP contribution < -0.4 is 16.0 Å². The lowest BCUT2D eigenvalue weighted by atomic mass is 10.1. The molecule has 0 aromatic heterocycles. The van der Waals surface area contributed by atoms with E-state index in [1.807, 2.05) is 13.8 Å². The summed E-state index contributed by atoms with van der Waals surface area (Å²) in [5.74, 6) is -0.470. The van der Waals surface area contributed by atoms with Gasteiger partial charge in [-0.25, -0.2) is 4.79 Å². The van der Waals surface area contributed by atoms with Crippen LogP contribution in [-0.2, 0) is 14.3 Å². The summed E-state index contributed by atoms with van der Waals surface area (Å²) < 4.78 is 11.2. The largest absolute Gasteiger partial charge is 0.367 e. The van der Waals surface area contributed by atoms with Gasteiger partial charge in [0.05, 0.1) is 18.3 Å². The molecular weight excluding hydrogens is 250 g/mol. The number of urea groups is 1. The summed E-state index contributed by atoms with van der Waals surface area (Å²) in [6.07, 6.45) is -0.801. The highest BCUT2D eigenvalue weighted by Gasteiger charge is 2.29. The number of ether oxygens (including phenoxy) is 2.